The molecule has 2 aromatic heterocycles. The number of benzene rings is 2. The summed E-state index contributed by atoms with van der Waals surface area (Å²) >= 11 is 2.00. The van der Waals surface area contributed by atoms with Crippen LogP contribution in [0.5, 0.6) is 5.75 Å². The van der Waals surface area contributed by atoms with Gasteiger partial charge in [0.05, 0.1) is 11.9 Å². The third-order valence-corrected chi connectivity index (χ3v) is 6.29. The van der Waals surface area contributed by atoms with E-state index in [-0.39, 0.29) is 0 Å². The predicted molar refractivity (Wildman–Crippen MR) is 130 cm³/mol. The molecule has 1 aliphatic rings. The van der Waals surface area contributed by atoms with Gasteiger partial charge < -0.3 is 15.0 Å². The number of hydrogen-bond donors (Lipinski definition) is 1. The highest BCUT2D eigenvalue weighted by Gasteiger charge is 2.14. The third-order valence-electron chi connectivity index (χ3n) is 5.34. The number of anilines is 3. The minimum Gasteiger partial charge on any atom is -0.489 e. The SMILES string of the molecule is c1ccc(COc2ccc(Nc3cncc4cnc(N5CCSCC5)cc34)cc2)cc1. The molecule has 1 N–H and O–H groups in total. The van der Waals surface area contributed by atoms with Crippen molar-refractivity contribution < 1.29 is 4.74 Å². The van der Waals surface area contributed by atoms with E-state index < -0.39 is 0 Å². The van der Waals surface area contributed by atoms with Gasteiger partial charge in [-0.2, -0.15) is 11.8 Å². The summed E-state index contributed by atoms with van der Waals surface area (Å²) in [6, 6.07) is 20.4. The van der Waals surface area contributed by atoms with E-state index in [1.165, 1.54) is 0 Å². The average molecular weight is 429 g/mol. The van der Waals surface area contributed by atoms with Crippen molar-refractivity contribution in [2.75, 3.05) is 34.8 Å². The molecule has 2 aromatic carbocycles. The second-order valence-corrected chi connectivity index (χ2v) is 8.70. The maximum atomic E-state index is 5.89. The van der Waals surface area contributed by atoms with Crippen molar-refractivity contribution in [3.8, 4) is 5.75 Å². The zero-order chi connectivity index (χ0) is 20.9. The quantitative estimate of drug-likeness (QED) is 0.437. The second-order valence-electron chi connectivity index (χ2n) is 7.47. The van der Waals surface area contributed by atoms with E-state index in [0.29, 0.717) is 6.61 Å². The molecule has 6 heteroatoms. The third kappa shape index (κ3) is 4.75. The van der Waals surface area contributed by atoms with Gasteiger partial charge in [-0.15, -0.1) is 0 Å². The van der Waals surface area contributed by atoms with Crippen LogP contribution in [0.25, 0.3) is 10.8 Å². The number of hydrogen-bond acceptors (Lipinski definition) is 6. The lowest BCUT2D eigenvalue weighted by molar-refractivity contribution is 0.306. The van der Waals surface area contributed by atoms with Crippen LogP contribution in [0, 0.1) is 0 Å². The normalized spacial score (nSPS) is 13.9. The molecule has 0 amide bonds. The minimum atomic E-state index is 0.561. The number of fused-ring (bicyclic) bond motifs is 1. The fraction of sp³-hybridized carbons (Fsp3) is 0.200. The number of aromatic nitrogens is 2. The number of thioether (sulfide) groups is 1. The first-order valence-corrected chi connectivity index (χ1v) is 11.6. The van der Waals surface area contributed by atoms with Crippen LogP contribution in [-0.4, -0.2) is 34.6 Å². The fourth-order valence-corrected chi connectivity index (χ4v) is 4.55. The molecule has 5 rings (SSSR count). The van der Waals surface area contributed by atoms with Crippen molar-refractivity contribution in [2.45, 2.75) is 6.61 Å². The lowest BCUT2D eigenvalue weighted by atomic mass is 10.2. The van der Waals surface area contributed by atoms with Crippen LogP contribution in [-0.2, 0) is 6.61 Å². The summed E-state index contributed by atoms with van der Waals surface area (Å²) in [7, 11) is 0. The molecule has 0 radical (unpaired) electrons. The van der Waals surface area contributed by atoms with Gasteiger partial charge >= 0.3 is 0 Å². The lowest BCUT2D eigenvalue weighted by Crippen LogP contribution is -2.32. The maximum absolute atomic E-state index is 5.89. The Hall–Kier alpha value is -3.25. The van der Waals surface area contributed by atoms with Gasteiger partial charge in [-0.1, -0.05) is 30.3 Å². The van der Waals surface area contributed by atoms with Crippen molar-refractivity contribution in [3.63, 3.8) is 0 Å². The topological polar surface area (TPSA) is 50.3 Å². The molecule has 1 saturated heterocycles. The van der Waals surface area contributed by atoms with E-state index in [9.17, 15) is 0 Å². The Morgan fingerprint density at radius 1 is 0.935 bits per heavy atom. The highest BCUT2D eigenvalue weighted by atomic mass is 32.2. The van der Waals surface area contributed by atoms with Crippen molar-refractivity contribution in [2.24, 2.45) is 0 Å². The molecule has 0 saturated carbocycles. The van der Waals surface area contributed by atoms with Gasteiger partial charge in [0.1, 0.15) is 18.2 Å². The molecule has 5 nitrogen and oxygen atoms in total. The molecular formula is C25H24N4OS. The van der Waals surface area contributed by atoms with Gasteiger partial charge in [0, 0.05) is 53.4 Å². The van der Waals surface area contributed by atoms with Gasteiger partial charge in [0.25, 0.3) is 0 Å². The fourth-order valence-electron chi connectivity index (χ4n) is 3.65. The van der Waals surface area contributed by atoms with Gasteiger partial charge in [-0.3, -0.25) is 4.98 Å². The molecule has 0 atom stereocenters. The Balaban J connectivity index is 1.32. The molecular weight excluding hydrogens is 404 g/mol. The number of nitrogens with one attached hydrogen (secondary N) is 1. The van der Waals surface area contributed by atoms with Crippen LogP contribution in [0.3, 0.4) is 0 Å². The Morgan fingerprint density at radius 2 is 1.74 bits per heavy atom. The largest absolute Gasteiger partial charge is 0.489 e. The molecule has 0 aliphatic carbocycles. The zero-order valence-electron chi connectivity index (χ0n) is 17.2. The summed E-state index contributed by atoms with van der Waals surface area (Å²) in [5.41, 5.74) is 3.13. The van der Waals surface area contributed by atoms with E-state index in [2.05, 4.69) is 38.4 Å². The molecule has 0 spiro atoms. The maximum Gasteiger partial charge on any atom is 0.129 e. The summed E-state index contributed by atoms with van der Waals surface area (Å²) < 4.78 is 5.89. The van der Waals surface area contributed by atoms with Crippen molar-refractivity contribution in [3.05, 3.63) is 84.8 Å². The van der Waals surface area contributed by atoms with Crippen LogP contribution in [0.1, 0.15) is 5.56 Å². The monoisotopic (exact) mass is 428 g/mol. The number of pyridine rings is 2. The number of ether oxygens (including phenoxy) is 1. The highest BCUT2D eigenvalue weighted by molar-refractivity contribution is 7.99. The molecule has 31 heavy (non-hydrogen) atoms. The van der Waals surface area contributed by atoms with Crippen LogP contribution < -0.4 is 15.0 Å². The molecule has 4 aromatic rings. The van der Waals surface area contributed by atoms with Gasteiger partial charge in [-0.25, -0.2) is 4.98 Å². The lowest BCUT2D eigenvalue weighted by Gasteiger charge is -2.27. The summed E-state index contributed by atoms with van der Waals surface area (Å²) in [5.74, 6) is 4.19. The predicted octanol–water partition coefficient (Wildman–Crippen LogP) is 5.51. The summed E-state index contributed by atoms with van der Waals surface area (Å²) in [6.45, 7) is 2.65. The number of nitrogens with zero attached hydrogens (tertiary/aromatic N) is 3. The smallest absolute Gasteiger partial charge is 0.129 e. The first-order valence-electron chi connectivity index (χ1n) is 10.5. The van der Waals surface area contributed by atoms with E-state index in [1.54, 1.807) is 0 Å². The Morgan fingerprint density at radius 3 is 2.55 bits per heavy atom. The van der Waals surface area contributed by atoms with Crippen molar-refractivity contribution >= 4 is 39.7 Å². The van der Waals surface area contributed by atoms with Crippen molar-refractivity contribution in [1.29, 1.82) is 0 Å². The zero-order valence-corrected chi connectivity index (χ0v) is 18.0. The van der Waals surface area contributed by atoms with Gasteiger partial charge in [0.2, 0.25) is 0 Å². The molecule has 3 heterocycles. The highest BCUT2D eigenvalue weighted by Crippen LogP contribution is 2.29. The van der Waals surface area contributed by atoms with Crippen LogP contribution in [0.15, 0.2) is 79.3 Å². The Labute approximate surface area is 186 Å². The second kappa shape index (κ2) is 9.27. The van der Waals surface area contributed by atoms with E-state index in [1.807, 2.05) is 72.8 Å². The molecule has 156 valence electrons. The first-order chi connectivity index (χ1) is 15.3. The minimum absolute atomic E-state index is 0.561. The average Bonchev–Trinajstić information content (AvgIpc) is 2.85. The molecule has 1 fully saturated rings. The van der Waals surface area contributed by atoms with Gasteiger partial charge in [-0.05, 0) is 35.9 Å². The van der Waals surface area contributed by atoms with Gasteiger partial charge in [0.15, 0.2) is 0 Å². The summed E-state index contributed by atoms with van der Waals surface area (Å²) in [4.78, 5) is 11.4. The molecule has 1 aliphatic heterocycles. The van der Waals surface area contributed by atoms with E-state index in [4.69, 9.17) is 4.74 Å². The summed E-state index contributed by atoms with van der Waals surface area (Å²) in [6.07, 6.45) is 5.66. The molecule has 0 bridgehead atoms. The first kappa shape index (κ1) is 19.7. The Kier molecular flexibility index (Phi) is 5.89. The molecule has 0 unspecified atom stereocenters. The van der Waals surface area contributed by atoms with E-state index >= 15 is 0 Å². The van der Waals surface area contributed by atoms with Crippen LogP contribution in [0.4, 0.5) is 17.2 Å². The Bertz CT molecular complexity index is 1150. The van der Waals surface area contributed by atoms with Crippen LogP contribution >= 0.6 is 11.8 Å². The standard InChI is InChI=1S/C25H24N4OS/c1-2-4-19(5-3-1)18-30-22-8-6-21(7-9-22)28-24-17-26-15-20-16-27-25(14-23(20)24)29-10-12-31-13-11-29/h1-9,14-17,28H,10-13,18H2. The van der Waals surface area contributed by atoms with Crippen molar-refractivity contribution in [1.82, 2.24) is 9.97 Å². The van der Waals surface area contributed by atoms with E-state index in [0.717, 1.165) is 63.9 Å². The number of rotatable bonds is 6. The summed E-state index contributed by atoms with van der Waals surface area (Å²) in [5, 5.41) is 5.67. The van der Waals surface area contributed by atoms with Crippen LogP contribution in [0.2, 0.25) is 0 Å².